The minimum Gasteiger partial charge on any atom is -1.00 e. The Balaban J connectivity index is 0.00000156. The van der Waals surface area contributed by atoms with Gasteiger partial charge in [-0.2, -0.15) is 0 Å². The molecule has 0 N–H and O–H groups in total. The van der Waals surface area contributed by atoms with E-state index in [-0.39, 0.29) is 17.0 Å². The molecule has 0 saturated carbocycles. The smallest absolute Gasteiger partial charge is 0.101 e. The Kier molecular flexibility index (Phi) is 5.46. The molecule has 2 saturated heterocycles. The van der Waals surface area contributed by atoms with Crippen LogP contribution >= 0.6 is 22.7 Å². The van der Waals surface area contributed by atoms with Crippen LogP contribution in [0.15, 0.2) is 40.6 Å². The van der Waals surface area contributed by atoms with E-state index >= 15 is 0 Å². The van der Waals surface area contributed by atoms with Crippen LogP contribution in [-0.2, 0) is 0 Å². The number of hydrogen-bond donors (Lipinski definition) is 0. The number of fused-ring (bicyclic) bond motifs is 1. The molecule has 4 heteroatoms. The fourth-order valence-corrected chi connectivity index (χ4v) is 6.11. The van der Waals surface area contributed by atoms with Gasteiger partial charge in [-0.05, 0) is 54.1 Å². The van der Waals surface area contributed by atoms with Crippen LogP contribution in [0.2, 0.25) is 0 Å². The third kappa shape index (κ3) is 3.37. The van der Waals surface area contributed by atoms with Crippen molar-refractivity contribution in [3.05, 3.63) is 50.4 Å². The van der Waals surface area contributed by atoms with Gasteiger partial charge < -0.3 is 21.5 Å². The van der Waals surface area contributed by atoms with E-state index in [1.807, 2.05) is 22.7 Å². The van der Waals surface area contributed by atoms with Crippen molar-refractivity contribution in [3.63, 3.8) is 0 Å². The van der Waals surface area contributed by atoms with E-state index in [0.29, 0.717) is 0 Å². The van der Waals surface area contributed by atoms with Crippen LogP contribution in [0.25, 0.3) is 5.57 Å². The highest BCUT2D eigenvalue weighted by Crippen LogP contribution is 2.41. The van der Waals surface area contributed by atoms with Crippen molar-refractivity contribution >= 4 is 28.2 Å². The predicted molar refractivity (Wildman–Crippen MR) is 97.5 cm³/mol. The van der Waals surface area contributed by atoms with Gasteiger partial charge in [-0.15, -0.1) is 22.7 Å². The second-order valence-corrected chi connectivity index (χ2v) is 8.88. The SMILES string of the molecule is C[N+]12CCCC[C@@H]1CCC(=C(c1cccs1)c1cccs1)C2.[Br-]. The molecule has 23 heavy (non-hydrogen) atoms. The summed E-state index contributed by atoms with van der Waals surface area (Å²) >= 11 is 3.79. The molecule has 1 unspecified atom stereocenters. The molecule has 2 aromatic rings. The first kappa shape index (κ1) is 17.4. The second kappa shape index (κ2) is 7.22. The molecular weight excluding hydrogens is 386 g/mol. The average Bonchev–Trinajstić information content (AvgIpc) is 3.20. The minimum atomic E-state index is 0. The van der Waals surface area contributed by atoms with Gasteiger partial charge in [0.2, 0.25) is 0 Å². The first-order chi connectivity index (χ1) is 10.8. The number of rotatable bonds is 2. The van der Waals surface area contributed by atoms with Crippen molar-refractivity contribution in [2.24, 2.45) is 0 Å². The molecule has 4 rings (SSSR count). The van der Waals surface area contributed by atoms with Gasteiger partial charge in [0, 0.05) is 21.7 Å². The lowest BCUT2D eigenvalue weighted by Crippen LogP contribution is -3.00. The van der Waals surface area contributed by atoms with Gasteiger partial charge in [0.15, 0.2) is 0 Å². The normalized spacial score (nSPS) is 27.2. The molecule has 1 nitrogen and oxygen atoms in total. The third-order valence-corrected chi connectivity index (χ3v) is 7.33. The van der Waals surface area contributed by atoms with Gasteiger partial charge in [0.25, 0.3) is 0 Å². The average molecular weight is 410 g/mol. The number of hydrogen-bond acceptors (Lipinski definition) is 2. The highest BCUT2D eigenvalue weighted by molar-refractivity contribution is 7.13. The molecule has 2 aliphatic heterocycles. The van der Waals surface area contributed by atoms with E-state index in [1.54, 1.807) is 11.1 Å². The maximum absolute atomic E-state index is 2.50. The largest absolute Gasteiger partial charge is 1.00 e. The molecule has 2 fully saturated rings. The first-order valence-electron chi connectivity index (χ1n) is 8.40. The number of likely N-dealkylation sites (N-methyl/N-ethyl adjacent to an activating group) is 1. The van der Waals surface area contributed by atoms with Crippen LogP contribution in [0.3, 0.4) is 0 Å². The molecule has 0 bridgehead atoms. The van der Waals surface area contributed by atoms with Gasteiger partial charge in [-0.3, -0.25) is 0 Å². The van der Waals surface area contributed by atoms with Crippen LogP contribution in [0.5, 0.6) is 0 Å². The van der Waals surface area contributed by atoms with E-state index in [2.05, 4.69) is 42.1 Å². The van der Waals surface area contributed by atoms with Crippen molar-refractivity contribution in [1.29, 1.82) is 0 Å². The van der Waals surface area contributed by atoms with Crippen LogP contribution in [0, 0.1) is 0 Å². The molecule has 0 aliphatic carbocycles. The van der Waals surface area contributed by atoms with E-state index in [9.17, 15) is 0 Å². The Labute approximate surface area is 158 Å². The van der Waals surface area contributed by atoms with E-state index in [0.717, 1.165) is 6.04 Å². The van der Waals surface area contributed by atoms with Gasteiger partial charge in [-0.1, -0.05) is 12.1 Å². The zero-order valence-electron chi connectivity index (χ0n) is 13.6. The molecule has 2 aliphatic rings. The maximum atomic E-state index is 2.50. The Bertz CT molecular complexity index is 623. The highest BCUT2D eigenvalue weighted by Gasteiger charge is 2.40. The van der Waals surface area contributed by atoms with Crippen molar-refractivity contribution in [1.82, 2.24) is 0 Å². The summed E-state index contributed by atoms with van der Waals surface area (Å²) in [6, 6.07) is 9.89. The predicted octanol–water partition coefficient (Wildman–Crippen LogP) is 2.41. The molecule has 2 atom stereocenters. The van der Waals surface area contributed by atoms with Crippen LogP contribution in [0.4, 0.5) is 0 Å². The van der Waals surface area contributed by atoms with Gasteiger partial charge >= 0.3 is 0 Å². The van der Waals surface area contributed by atoms with Crippen molar-refractivity contribution in [2.75, 3.05) is 20.1 Å². The number of quaternary nitrogens is 1. The number of thiophene rings is 2. The minimum absolute atomic E-state index is 0. The van der Waals surface area contributed by atoms with Gasteiger partial charge in [0.05, 0.1) is 19.6 Å². The lowest BCUT2D eigenvalue weighted by molar-refractivity contribution is -0.937. The topological polar surface area (TPSA) is 0 Å². The molecule has 0 aromatic carbocycles. The number of piperidine rings is 2. The Morgan fingerprint density at radius 3 is 2.35 bits per heavy atom. The summed E-state index contributed by atoms with van der Waals surface area (Å²) < 4.78 is 1.29. The second-order valence-electron chi connectivity index (χ2n) is 6.98. The van der Waals surface area contributed by atoms with E-state index in [1.165, 1.54) is 59.4 Å². The van der Waals surface area contributed by atoms with Crippen molar-refractivity contribution in [3.8, 4) is 0 Å². The van der Waals surface area contributed by atoms with Crippen LogP contribution in [-0.4, -0.2) is 30.7 Å². The standard InChI is InChI=1S/C19H24NS2.BrH/c1-20-11-3-2-6-16(20)10-9-15(14-20)19(17-7-4-12-21-17)18-8-5-13-22-18;/h4-5,7-8,12-13,16H,2-3,6,9-11,14H2,1H3;1H/q+1;/p-1/t16-,20?;/m1./s1. The summed E-state index contributed by atoms with van der Waals surface area (Å²) in [6.45, 7) is 2.63. The highest BCUT2D eigenvalue weighted by atomic mass is 79.9. The van der Waals surface area contributed by atoms with Crippen LogP contribution in [0.1, 0.15) is 41.9 Å². The van der Waals surface area contributed by atoms with Gasteiger partial charge in [-0.25, -0.2) is 0 Å². The zero-order valence-corrected chi connectivity index (χ0v) is 16.9. The Morgan fingerprint density at radius 1 is 1.04 bits per heavy atom. The van der Waals surface area contributed by atoms with Gasteiger partial charge in [0.1, 0.15) is 6.54 Å². The van der Waals surface area contributed by atoms with E-state index < -0.39 is 0 Å². The Hall–Kier alpha value is -0.420. The lowest BCUT2D eigenvalue weighted by Gasteiger charge is -2.48. The maximum Gasteiger partial charge on any atom is 0.101 e. The first-order valence-corrected chi connectivity index (χ1v) is 10.2. The molecular formula is C19H24BrNS2. The summed E-state index contributed by atoms with van der Waals surface area (Å²) in [7, 11) is 2.50. The van der Waals surface area contributed by atoms with Crippen LogP contribution < -0.4 is 17.0 Å². The summed E-state index contributed by atoms with van der Waals surface area (Å²) in [5.74, 6) is 0. The van der Waals surface area contributed by atoms with Crippen molar-refractivity contribution in [2.45, 2.75) is 38.1 Å². The quantitative estimate of drug-likeness (QED) is 0.668. The molecule has 0 amide bonds. The van der Waals surface area contributed by atoms with E-state index in [4.69, 9.17) is 0 Å². The molecule has 0 spiro atoms. The fourth-order valence-electron chi connectivity index (χ4n) is 4.38. The number of nitrogens with zero attached hydrogens (tertiary/aromatic N) is 1. The summed E-state index contributed by atoms with van der Waals surface area (Å²) in [6.07, 6.45) is 6.97. The number of halogens is 1. The molecule has 4 heterocycles. The Morgan fingerprint density at radius 2 is 1.74 bits per heavy atom. The molecule has 0 radical (unpaired) electrons. The summed E-state index contributed by atoms with van der Waals surface area (Å²) in [5, 5.41) is 4.43. The summed E-state index contributed by atoms with van der Waals surface area (Å²) in [5.41, 5.74) is 3.25. The van der Waals surface area contributed by atoms with Crippen molar-refractivity contribution < 1.29 is 21.5 Å². The fraction of sp³-hybridized carbons (Fsp3) is 0.474. The molecule has 124 valence electrons. The molecule has 2 aromatic heterocycles. The third-order valence-electron chi connectivity index (χ3n) is 5.56. The zero-order chi connectivity index (χ0) is 15.0. The lowest BCUT2D eigenvalue weighted by atomic mass is 9.85. The summed E-state index contributed by atoms with van der Waals surface area (Å²) in [4.78, 5) is 2.92. The monoisotopic (exact) mass is 409 g/mol.